The van der Waals surface area contributed by atoms with Gasteiger partial charge in [0.05, 0.1) is 6.04 Å². The maximum absolute atomic E-state index is 2.59. The van der Waals surface area contributed by atoms with E-state index in [-0.39, 0.29) is 11.5 Å². The number of allylic oxidation sites excluding steroid dienone is 6. The average Bonchev–Trinajstić information content (AvgIpc) is 3.64. The van der Waals surface area contributed by atoms with Gasteiger partial charge in [-0.1, -0.05) is 206 Å². The van der Waals surface area contributed by atoms with Gasteiger partial charge in [0.1, 0.15) is 0 Å². The summed E-state index contributed by atoms with van der Waals surface area (Å²) in [6, 6.07) is 76.7. The summed E-state index contributed by atoms with van der Waals surface area (Å²) >= 11 is 0. The van der Waals surface area contributed by atoms with Crippen LogP contribution in [0.25, 0.3) is 66.1 Å². The SMILES string of the molecule is CC1(c2ccccc2)C2=C(CCC=C2)c2ccc(-c3ccc(N(c4cccc(-c5cccc6ccccc56)c4)C4CC=CC=C4c4cccc5cccc(-c6ccccc6)c45)cc3)cc21. The number of nitrogens with zero attached hydrogens (tertiary/aromatic N) is 1. The lowest BCUT2D eigenvalue weighted by Gasteiger charge is -2.37. The van der Waals surface area contributed by atoms with Gasteiger partial charge in [0.2, 0.25) is 0 Å². The van der Waals surface area contributed by atoms with Gasteiger partial charge in [-0.3, -0.25) is 0 Å². The molecule has 1 nitrogen and oxygen atoms in total. The molecule has 12 rings (SSSR count). The molecule has 0 saturated heterocycles. The van der Waals surface area contributed by atoms with Crippen LogP contribution in [0.3, 0.4) is 0 Å². The van der Waals surface area contributed by atoms with E-state index >= 15 is 0 Å². The Morgan fingerprint density at radius 3 is 2.00 bits per heavy atom. The third-order valence-electron chi connectivity index (χ3n) is 14.4. The molecule has 3 aliphatic rings. The maximum atomic E-state index is 2.59. The Hall–Kier alpha value is -7.74. The van der Waals surface area contributed by atoms with Gasteiger partial charge in [0.15, 0.2) is 0 Å². The minimum atomic E-state index is -0.204. The Morgan fingerprint density at radius 2 is 1.17 bits per heavy atom. The highest BCUT2D eigenvalue weighted by Crippen LogP contribution is 2.54. The Balaban J connectivity index is 0.995. The van der Waals surface area contributed by atoms with Gasteiger partial charge in [0, 0.05) is 16.8 Å². The van der Waals surface area contributed by atoms with Crippen LogP contribution in [0.4, 0.5) is 11.4 Å². The fraction of sp³-hybridized carbons (Fsp3) is 0.0938. The Kier molecular flexibility index (Phi) is 9.64. The fourth-order valence-corrected chi connectivity index (χ4v) is 11.2. The summed E-state index contributed by atoms with van der Waals surface area (Å²) < 4.78 is 0. The predicted molar refractivity (Wildman–Crippen MR) is 276 cm³/mol. The molecule has 0 heterocycles. The van der Waals surface area contributed by atoms with E-state index in [4.69, 9.17) is 0 Å². The normalized spacial score (nSPS) is 17.6. The molecule has 0 amide bonds. The molecular weight excluding hydrogens is 783 g/mol. The van der Waals surface area contributed by atoms with Gasteiger partial charge in [-0.15, -0.1) is 0 Å². The van der Waals surface area contributed by atoms with E-state index in [2.05, 4.69) is 248 Å². The van der Waals surface area contributed by atoms with Gasteiger partial charge >= 0.3 is 0 Å². The second-order valence-corrected chi connectivity index (χ2v) is 18.0. The predicted octanol–water partition coefficient (Wildman–Crippen LogP) is 17.0. The summed E-state index contributed by atoms with van der Waals surface area (Å²) in [5.74, 6) is 0. The molecule has 9 aromatic rings. The van der Waals surface area contributed by atoms with Crippen LogP contribution >= 0.6 is 0 Å². The van der Waals surface area contributed by atoms with E-state index in [0.29, 0.717) is 0 Å². The van der Waals surface area contributed by atoms with Crippen molar-refractivity contribution < 1.29 is 0 Å². The number of anilines is 2. The van der Waals surface area contributed by atoms with Crippen LogP contribution in [0, 0.1) is 0 Å². The van der Waals surface area contributed by atoms with Crippen LogP contribution in [-0.2, 0) is 5.41 Å². The third kappa shape index (κ3) is 6.61. The Morgan fingerprint density at radius 1 is 0.492 bits per heavy atom. The molecule has 2 atom stereocenters. The monoisotopic (exact) mass is 831 g/mol. The van der Waals surface area contributed by atoms with Gasteiger partial charge < -0.3 is 4.90 Å². The summed E-state index contributed by atoms with van der Waals surface area (Å²) in [5, 5.41) is 5.05. The lowest BCUT2D eigenvalue weighted by Crippen LogP contribution is -2.33. The van der Waals surface area contributed by atoms with E-state index in [1.165, 1.54) is 99.6 Å². The zero-order valence-corrected chi connectivity index (χ0v) is 36.7. The van der Waals surface area contributed by atoms with Gasteiger partial charge in [-0.2, -0.15) is 0 Å². The molecule has 9 aromatic carbocycles. The van der Waals surface area contributed by atoms with Gasteiger partial charge in [0.25, 0.3) is 0 Å². The summed E-state index contributed by atoms with van der Waals surface area (Å²) in [6.07, 6.45) is 14.8. The zero-order chi connectivity index (χ0) is 43.3. The Labute approximate surface area is 382 Å². The quantitative estimate of drug-likeness (QED) is 0.147. The van der Waals surface area contributed by atoms with Gasteiger partial charge in [-0.05, 0) is 150 Å². The molecule has 65 heavy (non-hydrogen) atoms. The molecule has 0 fully saturated rings. The lowest BCUT2D eigenvalue weighted by atomic mass is 9.72. The molecule has 0 saturated carbocycles. The smallest absolute Gasteiger partial charge is 0.0632 e. The van der Waals surface area contributed by atoms with Crippen molar-refractivity contribution in [1.82, 2.24) is 0 Å². The highest BCUT2D eigenvalue weighted by atomic mass is 15.2. The number of fused-ring (bicyclic) bond motifs is 4. The van der Waals surface area contributed by atoms with E-state index in [1.807, 2.05) is 0 Å². The molecule has 1 heteroatoms. The van der Waals surface area contributed by atoms with Crippen LogP contribution < -0.4 is 4.90 Å². The van der Waals surface area contributed by atoms with Gasteiger partial charge in [-0.25, -0.2) is 0 Å². The maximum Gasteiger partial charge on any atom is 0.0632 e. The minimum Gasteiger partial charge on any atom is -0.334 e. The summed E-state index contributed by atoms with van der Waals surface area (Å²) in [7, 11) is 0. The molecule has 2 unspecified atom stereocenters. The third-order valence-corrected chi connectivity index (χ3v) is 14.4. The van der Waals surface area contributed by atoms with E-state index < -0.39 is 0 Å². The standard InChI is InChI=1S/C64H49N/c1-64(50-25-6-3-7-26-50)60-34-12-10-29-56(60)57-41-38-48(43-61(57)64)44-36-39-51(40-37-44)65(52-27-14-24-49(42-52)54-31-15-21-45-20-8-9-28-53(45)54)62-35-13-11-30-58(62)59-33-17-23-47-22-16-32-55(63(47)59)46-18-4-2-5-19-46/h2-9,11-28,30-34,36-43,62H,10,29,35H2,1H3. The highest BCUT2D eigenvalue weighted by molar-refractivity contribution is 6.05. The van der Waals surface area contributed by atoms with Crippen molar-refractivity contribution >= 4 is 44.1 Å². The molecule has 0 aromatic heterocycles. The second kappa shape index (κ2) is 16.1. The average molecular weight is 832 g/mol. The largest absolute Gasteiger partial charge is 0.334 e. The molecular formula is C64H49N. The van der Waals surface area contributed by atoms with Crippen molar-refractivity contribution in [2.24, 2.45) is 0 Å². The highest BCUT2D eigenvalue weighted by Gasteiger charge is 2.42. The van der Waals surface area contributed by atoms with Crippen molar-refractivity contribution in [3.63, 3.8) is 0 Å². The van der Waals surface area contributed by atoms with Crippen molar-refractivity contribution in [2.75, 3.05) is 4.90 Å². The summed E-state index contributed by atoms with van der Waals surface area (Å²) in [5.41, 5.74) is 19.2. The summed E-state index contributed by atoms with van der Waals surface area (Å²) in [6.45, 7) is 2.43. The first-order valence-corrected chi connectivity index (χ1v) is 23.2. The Bertz CT molecular complexity index is 3390. The lowest BCUT2D eigenvalue weighted by molar-refractivity contribution is 0.704. The molecule has 3 aliphatic carbocycles. The van der Waals surface area contributed by atoms with Crippen LogP contribution in [-0.4, -0.2) is 6.04 Å². The topological polar surface area (TPSA) is 3.24 Å². The molecule has 0 bridgehead atoms. The van der Waals surface area contributed by atoms with E-state index in [0.717, 1.165) is 24.9 Å². The van der Waals surface area contributed by atoms with Crippen molar-refractivity contribution in [3.05, 3.63) is 264 Å². The number of benzene rings is 9. The number of rotatable bonds is 8. The first-order chi connectivity index (χ1) is 32.1. The van der Waals surface area contributed by atoms with Crippen molar-refractivity contribution in [1.29, 1.82) is 0 Å². The van der Waals surface area contributed by atoms with Crippen LogP contribution in [0.1, 0.15) is 48.4 Å². The van der Waals surface area contributed by atoms with Crippen LogP contribution in [0.5, 0.6) is 0 Å². The second-order valence-electron chi connectivity index (χ2n) is 18.0. The van der Waals surface area contributed by atoms with Crippen LogP contribution in [0.15, 0.2) is 242 Å². The fourth-order valence-electron chi connectivity index (χ4n) is 11.2. The molecule has 310 valence electrons. The number of hydrogen-bond acceptors (Lipinski definition) is 1. The zero-order valence-electron chi connectivity index (χ0n) is 36.7. The van der Waals surface area contributed by atoms with Crippen molar-refractivity contribution in [2.45, 2.75) is 37.6 Å². The molecule has 0 spiro atoms. The molecule has 0 radical (unpaired) electrons. The van der Waals surface area contributed by atoms with E-state index in [9.17, 15) is 0 Å². The van der Waals surface area contributed by atoms with Crippen molar-refractivity contribution in [3.8, 4) is 33.4 Å². The van der Waals surface area contributed by atoms with E-state index in [1.54, 1.807) is 0 Å². The minimum absolute atomic E-state index is 0.0278. The first-order valence-electron chi connectivity index (χ1n) is 23.2. The molecule has 0 aliphatic heterocycles. The molecule has 0 N–H and O–H groups in total. The first kappa shape index (κ1) is 38.9. The summed E-state index contributed by atoms with van der Waals surface area (Å²) in [4.78, 5) is 2.59. The van der Waals surface area contributed by atoms with Crippen LogP contribution in [0.2, 0.25) is 0 Å². The number of hydrogen-bond donors (Lipinski definition) is 0.